The Morgan fingerprint density at radius 3 is 3.12 bits per heavy atom. The first kappa shape index (κ1) is 12.6. The van der Waals surface area contributed by atoms with Crippen LogP contribution in [0.3, 0.4) is 0 Å². The van der Waals surface area contributed by atoms with Crippen LogP contribution >= 0.6 is 0 Å². The molecule has 0 saturated carbocycles. The minimum absolute atomic E-state index is 0.471. The van der Waals surface area contributed by atoms with Gasteiger partial charge in [-0.1, -0.05) is 0 Å². The van der Waals surface area contributed by atoms with Gasteiger partial charge in [0.2, 0.25) is 0 Å². The smallest absolute Gasteiger partial charge is 0.140 e. The Kier molecular flexibility index (Phi) is 6.16. The number of methoxy groups -OCH3 is 1. The molecule has 1 rings (SSSR count). The summed E-state index contributed by atoms with van der Waals surface area (Å²) in [5, 5.41) is 12.0. The number of ether oxygens (including phenoxy) is 1. The molecule has 4 nitrogen and oxygen atoms in total. The van der Waals surface area contributed by atoms with Crippen LogP contribution in [-0.4, -0.2) is 25.2 Å². The highest BCUT2D eigenvalue weighted by molar-refractivity contribution is 5.25. The zero-order valence-corrected chi connectivity index (χ0v) is 9.57. The molecule has 0 spiro atoms. The van der Waals surface area contributed by atoms with Gasteiger partial charge in [0.1, 0.15) is 11.8 Å². The summed E-state index contributed by atoms with van der Waals surface area (Å²) in [5.41, 5.74) is 1.57. The molecular weight excluding hydrogens is 202 g/mol. The average Bonchev–Trinajstić information content (AvgIpc) is 2.34. The van der Waals surface area contributed by atoms with Crippen LogP contribution < -0.4 is 5.32 Å². The lowest BCUT2D eigenvalue weighted by Gasteiger charge is -2.04. The fourth-order valence-electron chi connectivity index (χ4n) is 1.37. The van der Waals surface area contributed by atoms with E-state index in [9.17, 15) is 0 Å². The molecule has 0 unspecified atom stereocenters. The quantitative estimate of drug-likeness (QED) is 0.705. The molecule has 16 heavy (non-hydrogen) atoms. The van der Waals surface area contributed by atoms with E-state index in [1.165, 1.54) is 0 Å². The van der Waals surface area contributed by atoms with Crippen molar-refractivity contribution >= 4 is 0 Å². The topological polar surface area (TPSA) is 57.9 Å². The lowest BCUT2D eigenvalue weighted by Crippen LogP contribution is -2.15. The largest absolute Gasteiger partial charge is 0.385 e. The Bertz CT molecular complexity index is 346. The van der Waals surface area contributed by atoms with Crippen molar-refractivity contribution in [2.45, 2.75) is 19.4 Å². The fourth-order valence-corrected chi connectivity index (χ4v) is 1.37. The number of hydrogen-bond donors (Lipinski definition) is 1. The molecule has 0 atom stereocenters. The van der Waals surface area contributed by atoms with Crippen molar-refractivity contribution < 1.29 is 4.74 Å². The summed E-state index contributed by atoms with van der Waals surface area (Å²) >= 11 is 0. The summed E-state index contributed by atoms with van der Waals surface area (Å²) in [4.78, 5) is 3.92. The van der Waals surface area contributed by atoms with E-state index < -0.39 is 0 Å². The molecule has 0 aliphatic heterocycles. The molecule has 1 aromatic rings. The van der Waals surface area contributed by atoms with E-state index in [2.05, 4.69) is 10.3 Å². The molecule has 0 bridgehead atoms. The molecule has 0 aliphatic carbocycles. The Morgan fingerprint density at radius 2 is 2.38 bits per heavy atom. The van der Waals surface area contributed by atoms with Crippen molar-refractivity contribution in [3.05, 3.63) is 29.6 Å². The van der Waals surface area contributed by atoms with Gasteiger partial charge in [-0.25, -0.2) is 4.98 Å². The molecule has 0 aromatic carbocycles. The molecule has 1 aromatic heterocycles. The first-order valence-electron chi connectivity index (χ1n) is 5.41. The second-order valence-electron chi connectivity index (χ2n) is 3.54. The van der Waals surface area contributed by atoms with Crippen LogP contribution in [0.5, 0.6) is 0 Å². The monoisotopic (exact) mass is 219 g/mol. The van der Waals surface area contributed by atoms with E-state index in [4.69, 9.17) is 10.00 Å². The highest BCUT2D eigenvalue weighted by Gasteiger charge is 1.95. The highest BCUT2D eigenvalue weighted by atomic mass is 16.5. The summed E-state index contributed by atoms with van der Waals surface area (Å²) in [5.74, 6) is 0. The number of nitriles is 1. The molecule has 4 heteroatoms. The highest BCUT2D eigenvalue weighted by Crippen LogP contribution is 2.00. The van der Waals surface area contributed by atoms with Gasteiger partial charge in [0.25, 0.3) is 0 Å². The second-order valence-corrected chi connectivity index (χ2v) is 3.54. The summed E-state index contributed by atoms with van der Waals surface area (Å²) < 4.78 is 4.96. The molecular formula is C12H17N3O. The van der Waals surface area contributed by atoms with Crippen LogP contribution in [0.25, 0.3) is 0 Å². The third-order valence-corrected chi connectivity index (χ3v) is 2.22. The van der Waals surface area contributed by atoms with Crippen LogP contribution in [-0.2, 0) is 11.3 Å². The van der Waals surface area contributed by atoms with Crippen LogP contribution in [0, 0.1) is 11.3 Å². The fraction of sp³-hybridized carbons (Fsp3) is 0.500. The van der Waals surface area contributed by atoms with Crippen molar-refractivity contribution in [1.82, 2.24) is 10.3 Å². The minimum Gasteiger partial charge on any atom is -0.385 e. The van der Waals surface area contributed by atoms with Gasteiger partial charge in [-0.3, -0.25) is 0 Å². The summed E-state index contributed by atoms with van der Waals surface area (Å²) in [6.45, 7) is 2.56. The normalized spacial score (nSPS) is 10.0. The number of nitrogens with one attached hydrogen (secondary N) is 1. The van der Waals surface area contributed by atoms with Crippen LogP contribution in [0.2, 0.25) is 0 Å². The Labute approximate surface area is 96.3 Å². The number of aromatic nitrogens is 1. The van der Waals surface area contributed by atoms with Gasteiger partial charge in [0.05, 0.1) is 0 Å². The molecule has 0 saturated heterocycles. The Morgan fingerprint density at radius 1 is 1.50 bits per heavy atom. The van der Waals surface area contributed by atoms with E-state index >= 15 is 0 Å². The number of unbranched alkanes of at least 4 members (excludes halogenated alkanes) is 1. The molecule has 0 amide bonds. The minimum atomic E-state index is 0.471. The molecule has 86 valence electrons. The van der Waals surface area contributed by atoms with Gasteiger partial charge < -0.3 is 10.1 Å². The number of pyridine rings is 1. The Hall–Kier alpha value is -1.44. The van der Waals surface area contributed by atoms with Crippen molar-refractivity contribution in [2.24, 2.45) is 0 Å². The summed E-state index contributed by atoms with van der Waals surface area (Å²) in [7, 11) is 1.72. The van der Waals surface area contributed by atoms with E-state index in [1.54, 1.807) is 13.3 Å². The average molecular weight is 219 g/mol. The van der Waals surface area contributed by atoms with Crippen molar-refractivity contribution in [1.29, 1.82) is 5.26 Å². The predicted octanol–water partition coefficient (Wildman–Crippen LogP) is 1.47. The first-order valence-corrected chi connectivity index (χ1v) is 5.41. The van der Waals surface area contributed by atoms with Crippen molar-refractivity contribution in [3.8, 4) is 6.07 Å². The summed E-state index contributed by atoms with van der Waals surface area (Å²) in [6, 6.07) is 5.76. The third-order valence-electron chi connectivity index (χ3n) is 2.22. The molecule has 0 radical (unpaired) electrons. The molecule has 0 fully saturated rings. The maximum atomic E-state index is 8.68. The van der Waals surface area contributed by atoms with Crippen LogP contribution in [0.1, 0.15) is 24.1 Å². The summed E-state index contributed by atoms with van der Waals surface area (Å²) in [6.07, 6.45) is 3.84. The zero-order valence-electron chi connectivity index (χ0n) is 9.57. The standard InChI is InChI=1S/C12H17N3O/c1-16-7-3-2-5-14-10-11-4-6-15-12(8-11)9-13/h4,6,8,14H,2-3,5,7,10H2,1H3. The van der Waals surface area contributed by atoms with Gasteiger partial charge in [0, 0.05) is 26.5 Å². The molecule has 0 aliphatic rings. The first-order chi connectivity index (χ1) is 7.86. The van der Waals surface area contributed by atoms with Crippen LogP contribution in [0.15, 0.2) is 18.3 Å². The second kappa shape index (κ2) is 7.80. The maximum absolute atomic E-state index is 8.68. The predicted molar refractivity (Wildman–Crippen MR) is 61.8 cm³/mol. The van der Waals surface area contributed by atoms with Gasteiger partial charge in [0.15, 0.2) is 0 Å². The van der Waals surface area contributed by atoms with Gasteiger partial charge in [-0.15, -0.1) is 0 Å². The van der Waals surface area contributed by atoms with Crippen molar-refractivity contribution in [2.75, 3.05) is 20.3 Å². The van der Waals surface area contributed by atoms with Crippen molar-refractivity contribution in [3.63, 3.8) is 0 Å². The zero-order chi connectivity index (χ0) is 11.6. The lowest BCUT2D eigenvalue weighted by atomic mass is 10.2. The Balaban J connectivity index is 2.19. The lowest BCUT2D eigenvalue weighted by molar-refractivity contribution is 0.192. The number of nitrogens with zero attached hydrogens (tertiary/aromatic N) is 2. The van der Waals surface area contributed by atoms with E-state index in [0.29, 0.717) is 5.69 Å². The number of rotatable bonds is 7. The van der Waals surface area contributed by atoms with E-state index in [0.717, 1.165) is 38.1 Å². The molecule has 1 heterocycles. The van der Waals surface area contributed by atoms with Crippen LogP contribution in [0.4, 0.5) is 0 Å². The van der Waals surface area contributed by atoms with E-state index in [1.807, 2.05) is 18.2 Å². The number of hydrogen-bond acceptors (Lipinski definition) is 4. The maximum Gasteiger partial charge on any atom is 0.140 e. The van der Waals surface area contributed by atoms with Gasteiger partial charge >= 0.3 is 0 Å². The van der Waals surface area contributed by atoms with E-state index in [-0.39, 0.29) is 0 Å². The van der Waals surface area contributed by atoms with Gasteiger partial charge in [-0.05, 0) is 37.1 Å². The third kappa shape index (κ3) is 4.87. The SMILES string of the molecule is COCCCCNCc1ccnc(C#N)c1. The molecule has 1 N–H and O–H groups in total. The van der Waals surface area contributed by atoms with Gasteiger partial charge in [-0.2, -0.15) is 5.26 Å².